The van der Waals surface area contributed by atoms with Crippen molar-refractivity contribution in [3.8, 4) is 34.6 Å². The second kappa shape index (κ2) is 12.1. The van der Waals surface area contributed by atoms with E-state index in [0.717, 1.165) is 30.4 Å². The minimum Gasteiger partial charge on any atom is -0.480 e. The number of nitrogens with zero attached hydrogens (tertiary/aromatic N) is 7. The van der Waals surface area contributed by atoms with E-state index in [1.54, 1.807) is 27.4 Å². The lowest BCUT2D eigenvalue weighted by molar-refractivity contribution is 0.0880. The molecule has 0 unspecified atom stereocenters. The first-order valence-corrected chi connectivity index (χ1v) is 18.5. The lowest BCUT2D eigenvalue weighted by Crippen LogP contribution is -2.22. The number of ether oxygens (including phenoxy) is 2. The Morgan fingerprint density at radius 2 is 1.91 bits per heavy atom. The van der Waals surface area contributed by atoms with E-state index in [2.05, 4.69) is 44.5 Å². The maximum Gasteiger partial charge on any atom is 0.267 e. The first kappa shape index (κ1) is 30.7. The van der Waals surface area contributed by atoms with Gasteiger partial charge in [0.25, 0.3) is 10.0 Å². The molecule has 0 radical (unpaired) electrons. The van der Waals surface area contributed by atoms with Crippen molar-refractivity contribution < 1.29 is 26.7 Å². The highest BCUT2D eigenvalue weighted by Crippen LogP contribution is 2.34. The number of hydrogen-bond acceptors (Lipinski definition) is 9. The van der Waals surface area contributed by atoms with Gasteiger partial charge in [0.15, 0.2) is 16.5 Å². The Hall–Kier alpha value is -4.72. The fraction of sp³-hybridized carbons (Fsp3) is 0.250. The first-order chi connectivity index (χ1) is 20.9. The van der Waals surface area contributed by atoms with Gasteiger partial charge in [0.1, 0.15) is 37.0 Å². The number of hydrogen-bond donors (Lipinski definition) is 1. The molecule has 12 nitrogen and oxygen atoms in total. The third-order valence-corrected chi connectivity index (χ3v) is 9.70. The minimum atomic E-state index is -4.49. The molecule has 4 aromatic heterocycles. The number of rotatable bonds is 11. The molecule has 5 rings (SSSR count). The Balaban J connectivity index is 1.45. The predicted molar refractivity (Wildman–Crippen MR) is 160 cm³/mol. The molecule has 0 spiro atoms. The van der Waals surface area contributed by atoms with Crippen molar-refractivity contribution >= 4 is 29.3 Å². The highest BCUT2D eigenvalue weighted by atomic mass is 32.2. The molecule has 44 heavy (non-hydrogen) atoms. The summed E-state index contributed by atoms with van der Waals surface area (Å²) in [4.78, 5) is 7.78. The molecule has 0 saturated carbocycles. The summed E-state index contributed by atoms with van der Waals surface area (Å²) in [6, 6.07) is 8.88. The van der Waals surface area contributed by atoms with E-state index < -0.39 is 45.9 Å². The van der Waals surface area contributed by atoms with Gasteiger partial charge in [0.05, 0.1) is 29.4 Å². The summed E-state index contributed by atoms with van der Waals surface area (Å²) in [5.74, 6) is -1.89. The van der Waals surface area contributed by atoms with Crippen LogP contribution in [0.25, 0.3) is 28.2 Å². The quantitative estimate of drug-likeness (QED) is 0.157. The minimum absolute atomic E-state index is 0.0488. The maximum atomic E-state index is 15.8. The second-order valence-electron chi connectivity index (χ2n) is 11.0. The lowest BCUT2D eigenvalue weighted by atomic mass is 10.0. The van der Waals surface area contributed by atoms with Crippen molar-refractivity contribution in [2.24, 2.45) is 0 Å². The molecule has 1 aromatic carbocycles. The van der Waals surface area contributed by atoms with Crippen LogP contribution in [0.2, 0.25) is 25.7 Å². The highest BCUT2D eigenvalue weighted by Gasteiger charge is 2.25. The largest absolute Gasteiger partial charge is 0.480 e. The summed E-state index contributed by atoms with van der Waals surface area (Å²) in [5.41, 5.74) is 0.190. The summed E-state index contributed by atoms with van der Waals surface area (Å²) in [7, 11) is -4.54. The molecule has 0 aliphatic carbocycles. The molecule has 1 N–H and O–H groups in total. The molecular formula is C28H28F2N8O4SSi. The predicted octanol–water partition coefficient (Wildman–Crippen LogP) is 4.93. The zero-order valence-electron chi connectivity index (χ0n) is 24.2. The van der Waals surface area contributed by atoms with E-state index >= 15 is 8.78 Å². The molecule has 0 aliphatic heterocycles. The number of fused-ring (bicyclic) bond motifs is 1. The number of anilines is 1. The van der Waals surface area contributed by atoms with Gasteiger partial charge in [-0.25, -0.2) is 27.2 Å². The molecule has 0 bridgehead atoms. The number of sulfonamides is 1. The van der Waals surface area contributed by atoms with Crippen molar-refractivity contribution in [2.75, 3.05) is 18.4 Å². The van der Waals surface area contributed by atoms with Crippen LogP contribution in [0.15, 0.2) is 60.3 Å². The van der Waals surface area contributed by atoms with Gasteiger partial charge in [-0.2, -0.15) is 5.26 Å². The number of nitriles is 1. The van der Waals surface area contributed by atoms with Crippen LogP contribution in [-0.2, 0) is 21.5 Å². The average molecular weight is 639 g/mol. The van der Waals surface area contributed by atoms with Crippen LogP contribution in [0.4, 0.5) is 14.5 Å². The van der Waals surface area contributed by atoms with Crippen molar-refractivity contribution in [1.82, 2.24) is 29.1 Å². The normalized spacial score (nSPS) is 11.9. The fourth-order valence-corrected chi connectivity index (χ4v) is 6.29. The van der Waals surface area contributed by atoms with Crippen molar-refractivity contribution in [3.05, 3.63) is 72.6 Å². The molecule has 0 fully saturated rings. The summed E-state index contributed by atoms with van der Waals surface area (Å²) in [6.45, 7) is 7.66. The number of aromatic nitrogens is 6. The maximum absolute atomic E-state index is 15.8. The van der Waals surface area contributed by atoms with E-state index in [9.17, 15) is 8.42 Å². The van der Waals surface area contributed by atoms with Gasteiger partial charge in [-0.1, -0.05) is 25.7 Å². The molecular weight excluding hydrogens is 611 g/mol. The average Bonchev–Trinajstić information content (AvgIpc) is 3.62. The van der Waals surface area contributed by atoms with Crippen LogP contribution >= 0.6 is 0 Å². The molecule has 4 heterocycles. The summed E-state index contributed by atoms with van der Waals surface area (Å²) < 4.78 is 73.4. The number of methoxy groups -OCH3 is 1. The van der Waals surface area contributed by atoms with Crippen LogP contribution in [0.1, 0.15) is 5.56 Å². The number of nitrogens with one attached hydrogen (secondary N) is 1. The fourth-order valence-electron chi connectivity index (χ4n) is 4.33. The Bertz CT molecular complexity index is 2000. The van der Waals surface area contributed by atoms with Crippen LogP contribution in [0.5, 0.6) is 5.88 Å². The second-order valence-corrected chi connectivity index (χ2v) is 18.3. The first-order valence-electron chi connectivity index (χ1n) is 13.3. The monoisotopic (exact) mass is 638 g/mol. The van der Waals surface area contributed by atoms with Gasteiger partial charge < -0.3 is 13.9 Å². The SMILES string of the molecule is COc1ncc(C#N)cc1S(=O)(=O)Nc1ccc(F)c(-c2ccc3c(-c4nncn4COCC[Si](C)(C)C)ncn3c2)c1F. The zero-order chi connectivity index (χ0) is 31.6. The number of benzene rings is 1. The molecule has 16 heteroatoms. The summed E-state index contributed by atoms with van der Waals surface area (Å²) in [6.07, 6.45) is 5.63. The van der Waals surface area contributed by atoms with Crippen LogP contribution in [0.3, 0.4) is 0 Å². The molecule has 228 valence electrons. The van der Waals surface area contributed by atoms with Gasteiger partial charge >= 0.3 is 0 Å². The lowest BCUT2D eigenvalue weighted by Gasteiger charge is -2.15. The Morgan fingerprint density at radius 1 is 1.11 bits per heavy atom. The third-order valence-electron chi connectivity index (χ3n) is 6.64. The number of imidazole rings is 1. The highest BCUT2D eigenvalue weighted by molar-refractivity contribution is 7.92. The van der Waals surface area contributed by atoms with Crippen molar-refractivity contribution in [2.45, 2.75) is 37.3 Å². The van der Waals surface area contributed by atoms with Gasteiger partial charge in [0, 0.05) is 32.6 Å². The van der Waals surface area contributed by atoms with E-state index in [-0.39, 0.29) is 23.7 Å². The summed E-state index contributed by atoms with van der Waals surface area (Å²) in [5, 5.41) is 17.3. The Morgan fingerprint density at radius 3 is 2.64 bits per heavy atom. The molecule has 0 saturated heterocycles. The molecule has 0 aliphatic rings. The molecule has 5 aromatic rings. The van der Waals surface area contributed by atoms with Gasteiger partial charge in [-0.15, -0.1) is 10.2 Å². The topological polar surface area (TPSA) is 149 Å². The number of halogens is 2. The Labute approximate surface area is 253 Å². The third kappa shape index (κ3) is 6.30. The Kier molecular flexibility index (Phi) is 8.46. The van der Waals surface area contributed by atoms with E-state index in [1.807, 2.05) is 0 Å². The van der Waals surface area contributed by atoms with Crippen molar-refractivity contribution in [3.63, 3.8) is 0 Å². The van der Waals surface area contributed by atoms with Gasteiger partial charge in [-0.3, -0.25) is 9.29 Å². The van der Waals surface area contributed by atoms with E-state index in [1.165, 1.54) is 25.7 Å². The molecule has 0 atom stereocenters. The number of pyridine rings is 2. The smallest absolute Gasteiger partial charge is 0.267 e. The molecule has 0 amide bonds. The standard InChI is InChI=1S/C28H28F2N8O4SSi/c1-41-28-23(11-18(12-31)13-32-28)43(39,40)36-21-7-6-20(29)24(25(21)30)19-5-8-22-26(33-15-37(22)14-19)27-35-34-16-38(27)17-42-9-10-44(2,3)4/h5-8,11,13-16,36H,9-10,17H2,1-4H3. The van der Waals surface area contributed by atoms with Crippen molar-refractivity contribution in [1.29, 1.82) is 5.26 Å². The van der Waals surface area contributed by atoms with E-state index in [4.69, 9.17) is 14.7 Å². The van der Waals surface area contributed by atoms with Crippen LogP contribution in [0, 0.1) is 23.0 Å². The summed E-state index contributed by atoms with van der Waals surface area (Å²) >= 11 is 0. The zero-order valence-corrected chi connectivity index (χ0v) is 26.1. The van der Waals surface area contributed by atoms with Crippen LogP contribution in [-0.4, -0.2) is 59.3 Å². The van der Waals surface area contributed by atoms with Gasteiger partial charge in [0.2, 0.25) is 5.88 Å². The van der Waals surface area contributed by atoms with Gasteiger partial charge in [-0.05, 0) is 30.3 Å². The van der Waals surface area contributed by atoms with Crippen LogP contribution < -0.4 is 9.46 Å². The van der Waals surface area contributed by atoms with E-state index in [0.29, 0.717) is 23.6 Å².